The zero-order valence-corrected chi connectivity index (χ0v) is 17.3. The summed E-state index contributed by atoms with van der Waals surface area (Å²) in [6.07, 6.45) is 0.972. The summed E-state index contributed by atoms with van der Waals surface area (Å²) in [7, 11) is 0. The van der Waals surface area contributed by atoms with Crippen LogP contribution in [0, 0.1) is 6.92 Å². The molecule has 1 saturated heterocycles. The molecule has 0 N–H and O–H groups in total. The molecule has 2 aliphatic rings. The molecular weight excluding hydrogens is 402 g/mol. The molecule has 0 bridgehead atoms. The quantitative estimate of drug-likeness (QED) is 0.625. The van der Waals surface area contributed by atoms with Crippen LogP contribution in [0.4, 0.5) is 20.3 Å². The molecule has 0 radical (unpaired) electrons. The van der Waals surface area contributed by atoms with Gasteiger partial charge < -0.3 is 9.80 Å². The zero-order chi connectivity index (χ0) is 21.5. The van der Waals surface area contributed by atoms with Crippen molar-refractivity contribution in [2.24, 2.45) is 0 Å². The first-order chi connectivity index (χ1) is 15.0. The Labute approximate surface area is 178 Å². The van der Waals surface area contributed by atoms with Crippen molar-refractivity contribution in [3.63, 3.8) is 0 Å². The van der Waals surface area contributed by atoms with Gasteiger partial charge in [0.05, 0.1) is 23.8 Å². The van der Waals surface area contributed by atoms with Gasteiger partial charge in [0.25, 0.3) is 12.0 Å². The van der Waals surface area contributed by atoms with Crippen LogP contribution in [0.25, 0.3) is 10.9 Å². The van der Waals surface area contributed by atoms with Crippen molar-refractivity contribution in [3.8, 4) is 0 Å². The molecule has 0 atom stereocenters. The first-order valence-corrected chi connectivity index (χ1v) is 10.6. The molecule has 3 heterocycles. The number of aromatic nitrogens is 4. The molecule has 2 fully saturated rings. The highest BCUT2D eigenvalue weighted by Crippen LogP contribution is 2.38. The van der Waals surface area contributed by atoms with E-state index in [1.165, 1.54) is 19.2 Å². The average molecular weight is 426 g/mol. The van der Waals surface area contributed by atoms with Crippen molar-refractivity contribution in [2.45, 2.75) is 38.7 Å². The number of rotatable bonds is 5. The van der Waals surface area contributed by atoms with Crippen molar-refractivity contribution in [3.05, 3.63) is 52.5 Å². The lowest BCUT2D eigenvalue weighted by Crippen LogP contribution is -2.47. The minimum Gasteiger partial charge on any atom is -0.368 e. The van der Waals surface area contributed by atoms with Gasteiger partial charge in [0.15, 0.2) is 0 Å². The van der Waals surface area contributed by atoms with E-state index in [1.54, 1.807) is 6.07 Å². The van der Waals surface area contributed by atoms with Gasteiger partial charge in [-0.3, -0.25) is 9.36 Å². The van der Waals surface area contributed by atoms with Crippen LogP contribution >= 0.6 is 0 Å². The van der Waals surface area contributed by atoms with Gasteiger partial charge in [-0.1, -0.05) is 0 Å². The van der Waals surface area contributed by atoms with Crippen LogP contribution in [0.5, 0.6) is 0 Å². The first-order valence-electron chi connectivity index (χ1n) is 10.6. The third-order valence-corrected chi connectivity index (χ3v) is 5.91. The fourth-order valence-electron chi connectivity index (χ4n) is 4.08. The molecule has 5 rings (SSSR count). The second-order valence-electron chi connectivity index (χ2n) is 8.27. The first kappa shape index (κ1) is 19.8. The Morgan fingerprint density at radius 1 is 1.06 bits per heavy atom. The minimum atomic E-state index is -2.59. The number of halogens is 2. The summed E-state index contributed by atoms with van der Waals surface area (Å²) >= 11 is 0. The molecular formula is C22H24F2N6O. The van der Waals surface area contributed by atoms with Crippen LogP contribution in [0.3, 0.4) is 0 Å². The van der Waals surface area contributed by atoms with Crippen molar-refractivity contribution in [2.75, 3.05) is 36.0 Å². The van der Waals surface area contributed by atoms with Crippen LogP contribution in [0.2, 0.25) is 0 Å². The van der Waals surface area contributed by atoms with Crippen LogP contribution in [-0.2, 0) is 6.54 Å². The van der Waals surface area contributed by atoms with Crippen molar-refractivity contribution >= 4 is 22.4 Å². The number of hydrogen-bond donors (Lipinski definition) is 0. The molecule has 31 heavy (non-hydrogen) atoms. The Bertz CT molecular complexity index is 1170. The van der Waals surface area contributed by atoms with Crippen LogP contribution in [0.15, 0.2) is 35.4 Å². The number of aryl methyl sites for hydroxylation is 1. The van der Waals surface area contributed by atoms with E-state index in [2.05, 4.69) is 19.8 Å². The molecule has 1 aromatic carbocycles. The molecule has 9 heteroatoms. The summed E-state index contributed by atoms with van der Waals surface area (Å²) in [4.78, 5) is 30.6. The Balaban J connectivity index is 1.32. The summed E-state index contributed by atoms with van der Waals surface area (Å²) in [5.74, 6) is 2.49. The lowest BCUT2D eigenvalue weighted by atomic mass is 10.2. The van der Waals surface area contributed by atoms with Crippen molar-refractivity contribution in [1.82, 2.24) is 19.5 Å². The summed E-state index contributed by atoms with van der Waals surface area (Å²) < 4.78 is 26.2. The lowest BCUT2D eigenvalue weighted by molar-refractivity contribution is 0.125. The van der Waals surface area contributed by atoms with Gasteiger partial charge in [0, 0.05) is 49.5 Å². The van der Waals surface area contributed by atoms with Crippen LogP contribution in [-0.4, -0.2) is 52.1 Å². The van der Waals surface area contributed by atoms with E-state index in [1.807, 2.05) is 25.1 Å². The monoisotopic (exact) mass is 426 g/mol. The van der Waals surface area contributed by atoms with Crippen molar-refractivity contribution in [1.29, 1.82) is 0 Å². The molecule has 7 nitrogen and oxygen atoms in total. The predicted octanol–water partition coefficient (Wildman–Crippen LogP) is 2.96. The van der Waals surface area contributed by atoms with Gasteiger partial charge in [0.1, 0.15) is 11.6 Å². The topological polar surface area (TPSA) is 67.2 Å². The second kappa shape index (κ2) is 7.86. The maximum absolute atomic E-state index is 12.6. The highest BCUT2D eigenvalue weighted by atomic mass is 19.3. The largest absolute Gasteiger partial charge is 0.368 e. The molecule has 0 unspecified atom stereocenters. The SMILES string of the molecule is Cc1cc(N2CCN(c3ccc4c(=O)n(CC(F)F)cnc4c3)CC2)nc(C2CC2)n1. The normalized spacial score (nSPS) is 17.0. The maximum Gasteiger partial charge on any atom is 0.261 e. The third kappa shape index (κ3) is 4.08. The standard InChI is InChI=1S/C22H24F2N6O/c1-14-10-20(27-21(26-14)15-2-3-15)29-8-6-28(7-9-29)16-4-5-17-18(11-16)25-13-30(22(17)31)12-19(23)24/h4-5,10-11,13,15,19H,2-3,6-9,12H2,1H3. The number of anilines is 2. The van der Waals surface area contributed by atoms with E-state index in [0.29, 0.717) is 16.8 Å². The van der Waals surface area contributed by atoms with Gasteiger partial charge in [-0.2, -0.15) is 0 Å². The van der Waals surface area contributed by atoms with Gasteiger partial charge in [-0.25, -0.2) is 23.7 Å². The molecule has 162 valence electrons. The molecule has 1 saturated carbocycles. The smallest absolute Gasteiger partial charge is 0.261 e. The van der Waals surface area contributed by atoms with E-state index < -0.39 is 18.5 Å². The highest BCUT2D eigenvalue weighted by Gasteiger charge is 2.28. The fourth-order valence-corrected chi connectivity index (χ4v) is 4.08. The summed E-state index contributed by atoms with van der Waals surface area (Å²) in [6.45, 7) is 4.68. The number of hydrogen-bond acceptors (Lipinski definition) is 6. The number of alkyl halides is 2. The summed E-state index contributed by atoms with van der Waals surface area (Å²) in [5.41, 5.74) is 2.07. The third-order valence-electron chi connectivity index (χ3n) is 5.91. The van der Waals surface area contributed by atoms with E-state index in [0.717, 1.165) is 53.8 Å². The summed E-state index contributed by atoms with van der Waals surface area (Å²) in [6, 6.07) is 7.46. The number of piperazine rings is 1. The van der Waals surface area contributed by atoms with Crippen molar-refractivity contribution < 1.29 is 8.78 Å². The fraction of sp³-hybridized carbons (Fsp3) is 0.455. The van der Waals surface area contributed by atoms with E-state index >= 15 is 0 Å². The Kier molecular flexibility index (Phi) is 5.03. The van der Waals surface area contributed by atoms with Gasteiger partial charge in [-0.15, -0.1) is 0 Å². The molecule has 1 aliphatic carbocycles. The molecule has 0 spiro atoms. The van der Waals surface area contributed by atoms with Gasteiger partial charge in [0.2, 0.25) is 0 Å². The molecule has 1 aliphatic heterocycles. The maximum atomic E-state index is 12.6. The van der Waals surface area contributed by atoms with E-state index in [4.69, 9.17) is 4.98 Å². The lowest BCUT2D eigenvalue weighted by Gasteiger charge is -2.37. The van der Waals surface area contributed by atoms with Gasteiger partial charge >= 0.3 is 0 Å². The van der Waals surface area contributed by atoms with Gasteiger partial charge in [-0.05, 0) is 38.0 Å². The second-order valence-corrected chi connectivity index (χ2v) is 8.27. The summed E-state index contributed by atoms with van der Waals surface area (Å²) in [5, 5.41) is 0.356. The van der Waals surface area contributed by atoms with E-state index in [-0.39, 0.29) is 0 Å². The minimum absolute atomic E-state index is 0.356. The average Bonchev–Trinajstić information content (AvgIpc) is 3.60. The van der Waals surface area contributed by atoms with Crippen LogP contribution in [0.1, 0.15) is 30.3 Å². The zero-order valence-electron chi connectivity index (χ0n) is 17.3. The number of nitrogens with zero attached hydrogens (tertiary/aromatic N) is 6. The molecule has 3 aromatic rings. The molecule has 0 amide bonds. The van der Waals surface area contributed by atoms with E-state index in [9.17, 15) is 13.6 Å². The Hall–Kier alpha value is -3.10. The van der Waals surface area contributed by atoms with Crippen LogP contribution < -0.4 is 15.4 Å². The highest BCUT2D eigenvalue weighted by molar-refractivity contribution is 5.81. The number of benzene rings is 1. The predicted molar refractivity (Wildman–Crippen MR) is 115 cm³/mol. The Morgan fingerprint density at radius 3 is 2.52 bits per heavy atom. The molecule has 2 aromatic heterocycles. The number of fused-ring (bicyclic) bond motifs is 1. The Morgan fingerprint density at radius 2 is 1.81 bits per heavy atom.